The minimum Gasteiger partial charge on any atom is -0.306 e. The molecule has 2 aromatic carbocycles. The number of fused-ring (bicyclic) bond motifs is 5. The van der Waals surface area contributed by atoms with Crippen LogP contribution in [0.3, 0.4) is 0 Å². The van der Waals surface area contributed by atoms with Gasteiger partial charge < -0.3 is 4.90 Å². The van der Waals surface area contributed by atoms with Crippen molar-refractivity contribution in [3.8, 4) is 0 Å². The van der Waals surface area contributed by atoms with Crippen molar-refractivity contribution in [2.75, 3.05) is 20.1 Å². The summed E-state index contributed by atoms with van der Waals surface area (Å²) < 4.78 is 0. The van der Waals surface area contributed by atoms with Crippen LogP contribution in [-0.2, 0) is 0 Å². The van der Waals surface area contributed by atoms with E-state index in [-0.39, 0.29) is 0 Å². The van der Waals surface area contributed by atoms with Crippen LogP contribution in [0.1, 0.15) is 34.9 Å². The van der Waals surface area contributed by atoms with Gasteiger partial charge in [0.15, 0.2) is 0 Å². The number of nitrogens with zero attached hydrogens (tertiary/aromatic N) is 1. The van der Waals surface area contributed by atoms with E-state index in [0.717, 1.165) is 0 Å². The van der Waals surface area contributed by atoms with Gasteiger partial charge in [0.2, 0.25) is 0 Å². The molecule has 108 valence electrons. The van der Waals surface area contributed by atoms with Gasteiger partial charge in [0.05, 0.1) is 0 Å². The zero-order valence-electron chi connectivity index (χ0n) is 12.7. The van der Waals surface area contributed by atoms with Crippen molar-refractivity contribution in [2.45, 2.75) is 35.0 Å². The standard InChI is InChI=1S/C19H21NS/c1-13-7-8-19-16(11-13)17-12-20(2)10-9-14(17)15-5-3-4-6-18(15)21-19/h3-8,11,14,17H,9-10,12H2,1-2H3/t14-,17-/m0/s1. The Morgan fingerprint density at radius 2 is 1.81 bits per heavy atom. The molecule has 2 atom stereocenters. The molecule has 0 spiro atoms. The Bertz CT molecular complexity index is 679. The first kappa shape index (κ1) is 13.4. The zero-order valence-corrected chi connectivity index (χ0v) is 13.5. The van der Waals surface area contributed by atoms with Gasteiger partial charge in [-0.1, -0.05) is 47.7 Å². The first-order valence-corrected chi connectivity index (χ1v) is 8.60. The molecule has 0 aromatic heterocycles. The molecule has 0 amide bonds. The summed E-state index contributed by atoms with van der Waals surface area (Å²) in [5.74, 6) is 1.31. The molecule has 2 aliphatic heterocycles. The largest absolute Gasteiger partial charge is 0.306 e. The summed E-state index contributed by atoms with van der Waals surface area (Å²) in [4.78, 5) is 5.40. The van der Waals surface area contributed by atoms with Crippen molar-refractivity contribution < 1.29 is 0 Å². The molecule has 0 saturated carbocycles. The van der Waals surface area contributed by atoms with Crippen LogP contribution in [0.5, 0.6) is 0 Å². The molecule has 0 N–H and O–H groups in total. The molecule has 2 aromatic rings. The number of piperidine rings is 1. The zero-order chi connectivity index (χ0) is 14.4. The monoisotopic (exact) mass is 295 g/mol. The molecule has 1 fully saturated rings. The maximum Gasteiger partial charge on any atom is 0.0158 e. The summed E-state index contributed by atoms with van der Waals surface area (Å²) in [6.45, 7) is 4.60. The molecule has 0 radical (unpaired) electrons. The van der Waals surface area contributed by atoms with E-state index in [1.807, 2.05) is 11.8 Å². The Morgan fingerprint density at radius 1 is 1.00 bits per heavy atom. The average Bonchev–Trinajstić information content (AvgIpc) is 2.62. The lowest BCUT2D eigenvalue weighted by Gasteiger charge is -2.37. The van der Waals surface area contributed by atoms with Crippen molar-refractivity contribution in [1.82, 2.24) is 4.90 Å². The van der Waals surface area contributed by atoms with E-state index in [1.165, 1.54) is 34.9 Å². The van der Waals surface area contributed by atoms with Crippen molar-refractivity contribution in [3.63, 3.8) is 0 Å². The molecule has 1 saturated heterocycles. The summed E-state index contributed by atoms with van der Waals surface area (Å²) in [6, 6.07) is 16.0. The smallest absolute Gasteiger partial charge is 0.0158 e. The molecular weight excluding hydrogens is 274 g/mol. The molecule has 2 heterocycles. The van der Waals surface area contributed by atoms with Gasteiger partial charge in [-0.2, -0.15) is 0 Å². The van der Waals surface area contributed by atoms with Gasteiger partial charge >= 0.3 is 0 Å². The minimum absolute atomic E-state index is 0.634. The fraction of sp³-hybridized carbons (Fsp3) is 0.368. The second-order valence-corrected chi connectivity index (χ2v) is 7.53. The van der Waals surface area contributed by atoms with E-state index in [0.29, 0.717) is 11.8 Å². The predicted molar refractivity (Wildman–Crippen MR) is 89.3 cm³/mol. The molecule has 0 unspecified atom stereocenters. The fourth-order valence-electron chi connectivity index (χ4n) is 3.85. The molecular formula is C19H21NS. The van der Waals surface area contributed by atoms with E-state index in [4.69, 9.17) is 0 Å². The van der Waals surface area contributed by atoms with E-state index < -0.39 is 0 Å². The summed E-state index contributed by atoms with van der Waals surface area (Å²) in [7, 11) is 2.26. The maximum absolute atomic E-state index is 2.49. The van der Waals surface area contributed by atoms with E-state index in [9.17, 15) is 0 Å². The van der Waals surface area contributed by atoms with Gasteiger partial charge in [-0.05, 0) is 56.1 Å². The molecule has 0 aliphatic carbocycles. The Morgan fingerprint density at radius 3 is 2.71 bits per heavy atom. The SMILES string of the molecule is Cc1ccc2c(c1)[C@H]1CN(C)CC[C@H]1c1ccccc1S2. The number of benzene rings is 2. The number of hydrogen-bond acceptors (Lipinski definition) is 2. The highest BCUT2D eigenvalue weighted by Crippen LogP contribution is 2.50. The highest BCUT2D eigenvalue weighted by Gasteiger charge is 2.35. The topological polar surface area (TPSA) is 3.24 Å². The number of likely N-dealkylation sites (tertiary alicyclic amines) is 1. The van der Waals surface area contributed by atoms with Crippen molar-refractivity contribution >= 4 is 11.8 Å². The van der Waals surface area contributed by atoms with Crippen LogP contribution < -0.4 is 0 Å². The van der Waals surface area contributed by atoms with Gasteiger partial charge in [-0.25, -0.2) is 0 Å². The number of aryl methyl sites for hydroxylation is 1. The third-order valence-corrected chi connectivity index (χ3v) is 6.10. The lowest BCUT2D eigenvalue weighted by molar-refractivity contribution is 0.225. The average molecular weight is 295 g/mol. The van der Waals surface area contributed by atoms with Crippen LogP contribution in [0.25, 0.3) is 0 Å². The molecule has 21 heavy (non-hydrogen) atoms. The molecule has 2 aliphatic rings. The molecule has 1 nitrogen and oxygen atoms in total. The first-order chi connectivity index (χ1) is 10.2. The van der Waals surface area contributed by atoms with Crippen LogP contribution in [0.15, 0.2) is 52.3 Å². The van der Waals surface area contributed by atoms with Gasteiger partial charge in [-0.3, -0.25) is 0 Å². The fourth-order valence-corrected chi connectivity index (χ4v) is 5.04. The predicted octanol–water partition coefficient (Wildman–Crippen LogP) is 4.66. The summed E-state index contributed by atoms with van der Waals surface area (Å²) in [5.41, 5.74) is 4.51. The van der Waals surface area contributed by atoms with E-state index >= 15 is 0 Å². The first-order valence-electron chi connectivity index (χ1n) is 7.78. The normalized spacial score (nSPS) is 24.7. The molecule has 2 heteroatoms. The number of rotatable bonds is 0. The van der Waals surface area contributed by atoms with Crippen molar-refractivity contribution in [3.05, 3.63) is 59.2 Å². The molecule has 0 bridgehead atoms. The van der Waals surface area contributed by atoms with Crippen molar-refractivity contribution in [1.29, 1.82) is 0 Å². The van der Waals surface area contributed by atoms with Crippen LogP contribution in [0.4, 0.5) is 0 Å². The second kappa shape index (κ2) is 5.19. The quantitative estimate of drug-likeness (QED) is 0.695. The highest BCUT2D eigenvalue weighted by molar-refractivity contribution is 7.99. The van der Waals surface area contributed by atoms with Crippen LogP contribution in [-0.4, -0.2) is 25.0 Å². The van der Waals surface area contributed by atoms with Gasteiger partial charge in [0.1, 0.15) is 0 Å². The summed E-state index contributed by atoms with van der Waals surface area (Å²) >= 11 is 1.96. The third-order valence-electron chi connectivity index (χ3n) is 4.92. The second-order valence-electron chi connectivity index (χ2n) is 6.45. The molecule has 4 rings (SSSR count). The van der Waals surface area contributed by atoms with Crippen LogP contribution in [0.2, 0.25) is 0 Å². The lowest BCUT2D eigenvalue weighted by Crippen LogP contribution is -2.35. The van der Waals surface area contributed by atoms with Crippen molar-refractivity contribution in [2.24, 2.45) is 0 Å². The Labute approximate surface area is 131 Å². The van der Waals surface area contributed by atoms with Gasteiger partial charge in [-0.15, -0.1) is 0 Å². The lowest BCUT2D eigenvalue weighted by atomic mass is 9.76. The third kappa shape index (κ3) is 2.31. The summed E-state index contributed by atoms with van der Waals surface area (Å²) in [5, 5.41) is 0. The number of likely N-dealkylation sites (N-methyl/N-ethyl adjacent to an activating group) is 1. The Hall–Kier alpha value is -1.25. The van der Waals surface area contributed by atoms with Crippen LogP contribution in [0, 0.1) is 6.92 Å². The van der Waals surface area contributed by atoms with E-state index in [1.54, 1.807) is 11.1 Å². The Balaban J connectivity index is 1.91. The van der Waals surface area contributed by atoms with E-state index in [2.05, 4.69) is 61.3 Å². The minimum atomic E-state index is 0.634. The maximum atomic E-state index is 2.49. The van der Waals surface area contributed by atoms with Gasteiger partial charge in [0, 0.05) is 22.3 Å². The summed E-state index contributed by atoms with van der Waals surface area (Å²) in [6.07, 6.45) is 1.27. The van der Waals surface area contributed by atoms with Crippen LogP contribution >= 0.6 is 11.8 Å². The number of hydrogen-bond donors (Lipinski definition) is 0. The Kier molecular flexibility index (Phi) is 3.31. The highest BCUT2D eigenvalue weighted by atomic mass is 32.2. The van der Waals surface area contributed by atoms with Gasteiger partial charge in [0.25, 0.3) is 0 Å².